The summed E-state index contributed by atoms with van der Waals surface area (Å²) in [6, 6.07) is 0.220. The summed E-state index contributed by atoms with van der Waals surface area (Å²) in [5.41, 5.74) is 4.84. The maximum Gasteiger partial charge on any atom is 0.254 e. The summed E-state index contributed by atoms with van der Waals surface area (Å²) in [4.78, 5) is 20.1. The number of carbonyl (C=O) groups is 1. The van der Waals surface area contributed by atoms with Gasteiger partial charge in [0.2, 0.25) is 5.95 Å². The number of aromatic nitrogens is 2. The molecular weight excluding hydrogens is 294 g/mol. The van der Waals surface area contributed by atoms with E-state index in [1.54, 1.807) is 0 Å². The Hall–Kier alpha value is -1.89. The number of hydrogen-bond donors (Lipinski definition) is 4. The lowest BCUT2D eigenvalue weighted by atomic mass is 9.84. The summed E-state index contributed by atoms with van der Waals surface area (Å²) >= 11 is 0. The van der Waals surface area contributed by atoms with Crippen molar-refractivity contribution in [3.8, 4) is 0 Å². The molecule has 1 heterocycles. The van der Waals surface area contributed by atoms with Crippen molar-refractivity contribution in [1.82, 2.24) is 9.97 Å². The molecule has 5 N–H and O–H groups in total. The molecule has 0 unspecified atom stereocenters. The molecule has 1 saturated carbocycles. The third-order valence-corrected chi connectivity index (χ3v) is 3.94. The van der Waals surface area contributed by atoms with Crippen LogP contribution < -0.4 is 16.4 Å². The topological polar surface area (TPSA) is 113 Å². The van der Waals surface area contributed by atoms with Crippen LogP contribution in [0.3, 0.4) is 0 Å². The minimum Gasteiger partial charge on any atom is -0.390 e. The first kappa shape index (κ1) is 17.5. The number of rotatable bonds is 4. The van der Waals surface area contributed by atoms with Crippen LogP contribution in [-0.2, 0) is 0 Å². The Morgan fingerprint density at radius 1 is 1.39 bits per heavy atom. The Balaban J connectivity index is 2.14. The van der Waals surface area contributed by atoms with Crippen LogP contribution in [-0.4, -0.2) is 38.2 Å². The standard InChI is InChI=1S/C16H27N5O2/c1-15(2,3)21-13-11(12(17)22)9-18-14(20-13)19-10-5-7-16(4,23)8-6-10/h9-10,23H,5-8H2,1-4H3,(H2,17,22)(H2,18,19,20,21)/t10-,16+. The number of anilines is 2. The van der Waals surface area contributed by atoms with Crippen LogP contribution in [0.1, 0.15) is 63.7 Å². The van der Waals surface area contributed by atoms with Gasteiger partial charge < -0.3 is 21.5 Å². The van der Waals surface area contributed by atoms with Gasteiger partial charge in [0.15, 0.2) is 0 Å². The number of nitrogens with two attached hydrogens (primary N) is 1. The van der Waals surface area contributed by atoms with Crippen molar-refractivity contribution in [2.45, 2.75) is 70.6 Å². The van der Waals surface area contributed by atoms with Gasteiger partial charge in [-0.3, -0.25) is 4.79 Å². The van der Waals surface area contributed by atoms with Gasteiger partial charge in [-0.25, -0.2) is 4.98 Å². The molecule has 7 nitrogen and oxygen atoms in total. The molecule has 0 bridgehead atoms. The second-order valence-electron chi connectivity index (χ2n) is 7.61. The monoisotopic (exact) mass is 321 g/mol. The molecule has 128 valence electrons. The van der Waals surface area contributed by atoms with Crippen molar-refractivity contribution in [2.24, 2.45) is 5.73 Å². The van der Waals surface area contributed by atoms with Crippen molar-refractivity contribution in [3.63, 3.8) is 0 Å². The molecule has 0 saturated heterocycles. The second kappa shape index (κ2) is 6.31. The summed E-state index contributed by atoms with van der Waals surface area (Å²) < 4.78 is 0. The summed E-state index contributed by atoms with van der Waals surface area (Å²) in [6.45, 7) is 7.81. The number of carbonyl (C=O) groups excluding carboxylic acids is 1. The van der Waals surface area contributed by atoms with E-state index >= 15 is 0 Å². The molecular formula is C16H27N5O2. The van der Waals surface area contributed by atoms with E-state index in [9.17, 15) is 9.90 Å². The smallest absolute Gasteiger partial charge is 0.254 e. The molecule has 0 aromatic carbocycles. The maximum atomic E-state index is 11.5. The zero-order valence-electron chi connectivity index (χ0n) is 14.3. The first-order chi connectivity index (χ1) is 10.6. The first-order valence-corrected chi connectivity index (χ1v) is 8.00. The second-order valence-corrected chi connectivity index (χ2v) is 7.61. The molecule has 1 fully saturated rings. The zero-order valence-corrected chi connectivity index (χ0v) is 14.3. The molecule has 0 atom stereocenters. The fourth-order valence-electron chi connectivity index (χ4n) is 2.65. The lowest BCUT2D eigenvalue weighted by molar-refractivity contribution is 0.0195. The van der Waals surface area contributed by atoms with E-state index in [2.05, 4.69) is 20.6 Å². The number of amides is 1. The van der Waals surface area contributed by atoms with Crippen LogP contribution in [0.2, 0.25) is 0 Å². The predicted octanol–water partition coefficient (Wildman–Crippen LogP) is 1.89. The highest BCUT2D eigenvalue weighted by atomic mass is 16.3. The minimum atomic E-state index is -0.576. The number of primary amides is 1. The van der Waals surface area contributed by atoms with E-state index in [4.69, 9.17) is 5.73 Å². The van der Waals surface area contributed by atoms with Gasteiger partial charge in [-0.15, -0.1) is 0 Å². The third-order valence-electron chi connectivity index (χ3n) is 3.94. The summed E-state index contributed by atoms with van der Waals surface area (Å²) in [5, 5.41) is 16.5. The van der Waals surface area contributed by atoms with Crippen LogP contribution in [0.15, 0.2) is 6.20 Å². The lowest BCUT2D eigenvalue weighted by Gasteiger charge is -2.33. The van der Waals surface area contributed by atoms with Gasteiger partial charge in [-0.05, 0) is 53.4 Å². The molecule has 1 aromatic rings. The zero-order chi connectivity index (χ0) is 17.3. The van der Waals surface area contributed by atoms with Crippen molar-refractivity contribution < 1.29 is 9.90 Å². The molecule has 1 aliphatic carbocycles. The number of nitrogens with one attached hydrogen (secondary N) is 2. The normalized spacial score (nSPS) is 25.0. The van der Waals surface area contributed by atoms with Crippen LogP contribution >= 0.6 is 0 Å². The minimum absolute atomic E-state index is 0.220. The van der Waals surface area contributed by atoms with Crippen LogP contribution in [0, 0.1) is 0 Å². The Morgan fingerprint density at radius 3 is 2.52 bits per heavy atom. The van der Waals surface area contributed by atoms with Gasteiger partial charge in [-0.2, -0.15) is 4.98 Å². The van der Waals surface area contributed by atoms with Gasteiger partial charge in [0.1, 0.15) is 5.82 Å². The van der Waals surface area contributed by atoms with Gasteiger partial charge in [0.05, 0.1) is 11.2 Å². The summed E-state index contributed by atoms with van der Waals surface area (Å²) in [6.07, 6.45) is 4.66. The van der Waals surface area contributed by atoms with Gasteiger partial charge >= 0.3 is 0 Å². The van der Waals surface area contributed by atoms with Gasteiger partial charge in [0, 0.05) is 17.8 Å². The van der Waals surface area contributed by atoms with Crippen LogP contribution in [0.4, 0.5) is 11.8 Å². The number of nitrogens with zero attached hydrogens (tertiary/aromatic N) is 2. The fourth-order valence-corrected chi connectivity index (χ4v) is 2.65. The maximum absolute atomic E-state index is 11.5. The van der Waals surface area contributed by atoms with Crippen molar-refractivity contribution >= 4 is 17.7 Å². The van der Waals surface area contributed by atoms with E-state index in [1.165, 1.54) is 6.20 Å². The Labute approximate surface area is 137 Å². The summed E-state index contributed by atoms with van der Waals surface area (Å²) in [7, 11) is 0. The van der Waals surface area contributed by atoms with E-state index in [-0.39, 0.29) is 17.1 Å². The van der Waals surface area contributed by atoms with Crippen LogP contribution in [0.5, 0.6) is 0 Å². The number of hydrogen-bond acceptors (Lipinski definition) is 6. The molecule has 23 heavy (non-hydrogen) atoms. The quantitative estimate of drug-likeness (QED) is 0.673. The largest absolute Gasteiger partial charge is 0.390 e. The first-order valence-electron chi connectivity index (χ1n) is 8.00. The molecule has 7 heteroatoms. The molecule has 0 radical (unpaired) electrons. The molecule has 0 spiro atoms. The van der Waals surface area contributed by atoms with E-state index < -0.39 is 11.5 Å². The lowest BCUT2D eigenvalue weighted by Crippen LogP contribution is -2.36. The Morgan fingerprint density at radius 2 is 2.00 bits per heavy atom. The van der Waals surface area contributed by atoms with Gasteiger partial charge in [-0.1, -0.05) is 0 Å². The van der Waals surface area contributed by atoms with Crippen LogP contribution in [0.25, 0.3) is 0 Å². The molecule has 1 amide bonds. The Kier molecular flexibility index (Phi) is 4.79. The average Bonchev–Trinajstić information content (AvgIpc) is 2.39. The van der Waals surface area contributed by atoms with Gasteiger partial charge in [0.25, 0.3) is 5.91 Å². The van der Waals surface area contributed by atoms with E-state index in [0.717, 1.165) is 25.7 Å². The molecule has 1 aromatic heterocycles. The number of aliphatic hydroxyl groups is 1. The highest BCUT2D eigenvalue weighted by Gasteiger charge is 2.29. The molecule has 1 aliphatic rings. The Bertz CT molecular complexity index is 570. The van der Waals surface area contributed by atoms with E-state index in [0.29, 0.717) is 11.8 Å². The highest BCUT2D eigenvalue weighted by molar-refractivity contribution is 5.97. The van der Waals surface area contributed by atoms with Crippen molar-refractivity contribution in [1.29, 1.82) is 0 Å². The summed E-state index contributed by atoms with van der Waals surface area (Å²) in [5.74, 6) is 0.343. The average molecular weight is 321 g/mol. The molecule has 2 rings (SSSR count). The SMILES string of the molecule is CC(C)(C)Nc1nc(N[C@H]2CC[C@@](C)(O)CC2)ncc1C(N)=O. The predicted molar refractivity (Wildman–Crippen MR) is 90.4 cm³/mol. The van der Waals surface area contributed by atoms with Crippen molar-refractivity contribution in [3.05, 3.63) is 11.8 Å². The van der Waals surface area contributed by atoms with E-state index in [1.807, 2.05) is 27.7 Å². The fraction of sp³-hybridized carbons (Fsp3) is 0.688. The third kappa shape index (κ3) is 5.06. The highest BCUT2D eigenvalue weighted by Crippen LogP contribution is 2.29. The van der Waals surface area contributed by atoms with Crippen molar-refractivity contribution in [2.75, 3.05) is 10.6 Å². The molecule has 0 aliphatic heterocycles.